The molecule has 1 aliphatic heterocycles. The summed E-state index contributed by atoms with van der Waals surface area (Å²) in [6.07, 6.45) is -17.0. The second kappa shape index (κ2) is 8.52. The van der Waals surface area contributed by atoms with Crippen LogP contribution in [0, 0.1) is 0 Å². The predicted molar refractivity (Wildman–Crippen MR) is 85.8 cm³/mol. The van der Waals surface area contributed by atoms with Crippen LogP contribution >= 0.6 is 0 Å². The van der Waals surface area contributed by atoms with Crippen molar-refractivity contribution in [3.8, 4) is 0 Å². The quantitative estimate of drug-likeness (QED) is 0.478. The number of rotatable bonds is 3. The smallest absolute Gasteiger partial charge is 0.418 e. The summed E-state index contributed by atoms with van der Waals surface area (Å²) in [6, 6.07) is -1.07. The van der Waals surface area contributed by atoms with Gasteiger partial charge in [0, 0.05) is 0 Å². The van der Waals surface area contributed by atoms with Crippen LogP contribution in [0.25, 0.3) is 0 Å². The van der Waals surface area contributed by atoms with E-state index in [1.165, 1.54) is 0 Å². The summed E-state index contributed by atoms with van der Waals surface area (Å²) < 4.78 is 135. The molecule has 0 saturated carbocycles. The van der Waals surface area contributed by atoms with Crippen LogP contribution in [0.3, 0.4) is 0 Å². The van der Waals surface area contributed by atoms with E-state index in [1.54, 1.807) is 0 Å². The third-order valence-corrected chi connectivity index (χ3v) is 4.15. The van der Waals surface area contributed by atoms with Gasteiger partial charge in [0.05, 0.1) is 48.8 Å². The van der Waals surface area contributed by atoms with Crippen molar-refractivity contribution in [1.82, 2.24) is 0 Å². The number of nitrogens with zero attached hydrogens (tertiary/aromatic N) is 1. The number of hydrogen-bond acceptors (Lipinski definition) is 6. The highest BCUT2D eigenvalue weighted by molar-refractivity contribution is 6.03. The lowest BCUT2D eigenvalue weighted by molar-refractivity contribution is -0.148. The third kappa shape index (κ3) is 4.92. The zero-order valence-corrected chi connectivity index (χ0v) is 16.0. The number of halogens is 9. The molecule has 0 spiro atoms. The average Bonchev–Trinajstić information content (AvgIpc) is 2.69. The fourth-order valence-electron chi connectivity index (χ4n) is 2.84. The molecule has 0 atom stereocenters. The Balaban J connectivity index is 3.02. The molecule has 0 saturated heterocycles. The minimum atomic E-state index is -5.74. The molecule has 178 valence electrons. The summed E-state index contributed by atoms with van der Waals surface area (Å²) in [5.74, 6) is -2.89. The van der Waals surface area contributed by atoms with Crippen molar-refractivity contribution in [1.29, 1.82) is 0 Å². The number of carbonyl (C=O) groups excluding carboxylic acids is 2. The second-order valence-electron chi connectivity index (χ2n) is 6.13. The van der Waals surface area contributed by atoms with E-state index in [4.69, 9.17) is 4.74 Å². The van der Waals surface area contributed by atoms with Crippen LogP contribution in [-0.2, 0) is 42.3 Å². The van der Waals surface area contributed by atoms with Crippen molar-refractivity contribution in [3.05, 3.63) is 40.1 Å². The number of benzene rings is 1. The highest BCUT2D eigenvalue weighted by atomic mass is 19.4. The molecule has 15 heteroatoms. The Bertz CT molecular complexity index is 912. The number of hydrogen-bond donors (Lipinski definition) is 0. The molecule has 0 fully saturated rings. The lowest BCUT2D eigenvalue weighted by Gasteiger charge is -2.35. The van der Waals surface area contributed by atoms with Crippen LogP contribution in [0.5, 0.6) is 0 Å². The van der Waals surface area contributed by atoms with Gasteiger partial charge < -0.3 is 19.1 Å². The number of ether oxygens (including phenoxy) is 3. The van der Waals surface area contributed by atoms with E-state index >= 15 is 0 Å². The largest absolute Gasteiger partial charge is 0.466 e. The average molecular weight is 481 g/mol. The zero-order valence-electron chi connectivity index (χ0n) is 16.0. The molecule has 32 heavy (non-hydrogen) atoms. The topological polar surface area (TPSA) is 65.1 Å². The van der Waals surface area contributed by atoms with Crippen LogP contribution < -0.4 is 4.90 Å². The van der Waals surface area contributed by atoms with Crippen LogP contribution in [0.1, 0.15) is 16.7 Å². The molecule has 0 aliphatic carbocycles. The molecule has 1 aliphatic rings. The van der Waals surface area contributed by atoms with Crippen molar-refractivity contribution >= 4 is 17.6 Å². The summed E-state index contributed by atoms with van der Waals surface area (Å²) in [5, 5.41) is 0. The second-order valence-corrected chi connectivity index (χ2v) is 6.13. The van der Waals surface area contributed by atoms with Gasteiger partial charge in [-0.15, -0.1) is 0 Å². The highest BCUT2D eigenvalue weighted by Crippen LogP contribution is 2.49. The van der Waals surface area contributed by atoms with Gasteiger partial charge in [-0.1, -0.05) is 0 Å². The first kappa shape index (κ1) is 25.3. The van der Waals surface area contributed by atoms with Crippen LogP contribution in [0.2, 0.25) is 0 Å². The maximum absolute atomic E-state index is 13.6. The lowest BCUT2D eigenvalue weighted by Crippen LogP contribution is -2.41. The minimum Gasteiger partial charge on any atom is -0.466 e. The first-order valence-electron chi connectivity index (χ1n) is 8.18. The van der Waals surface area contributed by atoms with Crippen molar-refractivity contribution in [2.45, 2.75) is 18.5 Å². The van der Waals surface area contributed by atoms with Gasteiger partial charge in [-0.25, -0.2) is 9.59 Å². The molecular weight excluding hydrogens is 469 g/mol. The maximum atomic E-state index is 13.6. The van der Waals surface area contributed by atoms with Crippen molar-refractivity contribution in [2.75, 3.05) is 32.5 Å². The predicted octanol–water partition coefficient (Wildman–Crippen LogP) is 4.14. The summed E-state index contributed by atoms with van der Waals surface area (Å²) in [7, 11) is 1.53. The fourth-order valence-corrected chi connectivity index (χ4v) is 2.84. The molecule has 0 aromatic heterocycles. The van der Waals surface area contributed by atoms with Gasteiger partial charge in [-0.3, -0.25) is 0 Å². The monoisotopic (exact) mass is 481 g/mol. The van der Waals surface area contributed by atoms with Crippen LogP contribution in [0.4, 0.5) is 45.2 Å². The standard InChI is InChI=1S/C17H12F9NO5/c1-30-13(28)8-5-32-6-27(11(8)14(29)31-2)12-9(16(21,22)23)3-7(15(18,19)20)4-10(12)17(24,25)26/h3-4H,5-6H2,1-2H3. The van der Waals surface area contributed by atoms with Crippen molar-refractivity contribution in [2.24, 2.45) is 0 Å². The van der Waals surface area contributed by atoms with Crippen LogP contribution in [0.15, 0.2) is 23.4 Å². The van der Waals surface area contributed by atoms with E-state index in [-0.39, 0.29) is 4.90 Å². The summed E-state index contributed by atoms with van der Waals surface area (Å²) >= 11 is 0. The van der Waals surface area contributed by atoms with E-state index in [0.717, 1.165) is 14.2 Å². The number of carbonyl (C=O) groups is 2. The van der Waals surface area contributed by atoms with E-state index in [1.807, 2.05) is 0 Å². The molecule has 6 nitrogen and oxygen atoms in total. The van der Waals surface area contributed by atoms with Crippen LogP contribution in [-0.4, -0.2) is 39.5 Å². The Morgan fingerprint density at radius 1 is 0.844 bits per heavy atom. The Hall–Kier alpha value is -2.97. The Kier molecular flexibility index (Phi) is 6.73. The van der Waals surface area contributed by atoms with Gasteiger partial charge in [0.1, 0.15) is 12.4 Å². The number of alkyl halides is 9. The Morgan fingerprint density at radius 2 is 1.31 bits per heavy atom. The van der Waals surface area contributed by atoms with Gasteiger partial charge in [-0.05, 0) is 12.1 Å². The first-order valence-corrected chi connectivity index (χ1v) is 8.18. The molecule has 1 aromatic rings. The maximum Gasteiger partial charge on any atom is 0.418 e. The minimum absolute atomic E-state index is 0.0204. The summed E-state index contributed by atoms with van der Waals surface area (Å²) in [4.78, 5) is 24.1. The molecule has 2 rings (SSSR count). The molecule has 0 radical (unpaired) electrons. The lowest BCUT2D eigenvalue weighted by atomic mass is 9.98. The molecule has 0 N–H and O–H groups in total. The Morgan fingerprint density at radius 3 is 1.69 bits per heavy atom. The fraction of sp³-hybridized carbons (Fsp3) is 0.412. The normalized spacial score (nSPS) is 15.7. The van der Waals surface area contributed by atoms with Gasteiger partial charge in [0.2, 0.25) is 0 Å². The summed E-state index contributed by atoms with van der Waals surface area (Å²) in [5.41, 5.74) is -10.7. The molecule has 1 heterocycles. The zero-order chi connectivity index (χ0) is 24.6. The van der Waals surface area contributed by atoms with Gasteiger partial charge >= 0.3 is 30.5 Å². The van der Waals surface area contributed by atoms with E-state index in [9.17, 15) is 49.1 Å². The SMILES string of the molecule is COC(=O)C1=C(C(=O)OC)N(c2c(C(F)(F)F)cc(C(F)(F)F)cc2C(F)(F)F)COC1. The van der Waals surface area contributed by atoms with E-state index < -0.39 is 89.6 Å². The van der Waals surface area contributed by atoms with Gasteiger partial charge in [0.15, 0.2) is 0 Å². The molecule has 0 amide bonds. The first-order chi connectivity index (χ1) is 14.5. The van der Waals surface area contributed by atoms with E-state index in [0.29, 0.717) is 0 Å². The number of esters is 2. The van der Waals surface area contributed by atoms with Crippen molar-refractivity contribution < 1.29 is 63.3 Å². The number of anilines is 1. The van der Waals surface area contributed by atoms with E-state index in [2.05, 4.69) is 9.47 Å². The van der Waals surface area contributed by atoms with Crippen molar-refractivity contribution in [3.63, 3.8) is 0 Å². The highest BCUT2D eigenvalue weighted by Gasteiger charge is 2.48. The molecular formula is C17H12F9NO5. The molecule has 0 bridgehead atoms. The van der Waals surface area contributed by atoms with Gasteiger partial charge in [-0.2, -0.15) is 39.5 Å². The summed E-state index contributed by atoms with van der Waals surface area (Å²) in [6.45, 7) is -1.90. The van der Waals surface area contributed by atoms with Gasteiger partial charge in [0.25, 0.3) is 0 Å². The number of methoxy groups -OCH3 is 2. The Labute approximate surface area is 173 Å². The molecule has 0 unspecified atom stereocenters. The third-order valence-electron chi connectivity index (χ3n) is 4.15. The molecule has 1 aromatic carbocycles.